The van der Waals surface area contributed by atoms with Crippen molar-refractivity contribution in [2.75, 3.05) is 18.1 Å². The summed E-state index contributed by atoms with van der Waals surface area (Å²) in [6.07, 6.45) is 0. The van der Waals surface area contributed by atoms with Crippen LogP contribution in [0.4, 0.5) is 10.1 Å². The van der Waals surface area contributed by atoms with Crippen LogP contribution in [-0.2, 0) is 9.59 Å². The van der Waals surface area contributed by atoms with Crippen LogP contribution >= 0.6 is 23.2 Å². The fraction of sp³-hybridized carbons (Fsp3) is 0.167. The van der Waals surface area contributed by atoms with E-state index in [-0.39, 0.29) is 34.6 Å². The van der Waals surface area contributed by atoms with Gasteiger partial charge < -0.3 is 10.4 Å². The van der Waals surface area contributed by atoms with Gasteiger partial charge in [0.2, 0.25) is 0 Å². The summed E-state index contributed by atoms with van der Waals surface area (Å²) in [5.41, 5.74) is 0.0107. The minimum absolute atomic E-state index is 0.0720. The summed E-state index contributed by atoms with van der Waals surface area (Å²) in [7, 11) is 0. The van der Waals surface area contributed by atoms with Gasteiger partial charge in [-0.1, -0.05) is 23.2 Å². The van der Waals surface area contributed by atoms with E-state index in [9.17, 15) is 14.0 Å². The first-order valence-electron chi connectivity index (χ1n) is 5.55. The number of carbonyl (C=O) groups excluding carboxylic acids is 2. The lowest BCUT2D eigenvalue weighted by molar-refractivity contribution is -0.120. The molecule has 1 aliphatic rings. The molecule has 1 aromatic carbocycles. The minimum atomic E-state index is -0.736. The Bertz CT molecular complexity index is 619. The average molecular weight is 319 g/mol. The molecule has 0 bridgehead atoms. The number of anilines is 1. The molecule has 0 atom stereocenters. The minimum Gasteiger partial charge on any atom is -0.395 e. The SMILES string of the molecule is O=C1C(Cl)=C(NCCO)C(=O)N1c1ccc(F)c(Cl)c1. The maximum atomic E-state index is 13.1. The second kappa shape index (κ2) is 5.78. The largest absolute Gasteiger partial charge is 0.395 e. The average Bonchev–Trinajstić information content (AvgIpc) is 2.62. The van der Waals surface area contributed by atoms with Gasteiger partial charge in [0.1, 0.15) is 16.5 Å². The number of hydrogen-bond donors (Lipinski definition) is 2. The normalized spacial score (nSPS) is 15.3. The summed E-state index contributed by atoms with van der Waals surface area (Å²) in [6, 6.07) is 3.45. The Hall–Kier alpha value is -1.63. The molecule has 2 rings (SSSR count). The van der Waals surface area contributed by atoms with Crippen molar-refractivity contribution in [3.63, 3.8) is 0 Å². The first-order valence-corrected chi connectivity index (χ1v) is 6.31. The molecule has 8 heteroatoms. The van der Waals surface area contributed by atoms with Gasteiger partial charge >= 0.3 is 0 Å². The number of benzene rings is 1. The van der Waals surface area contributed by atoms with Crippen molar-refractivity contribution in [1.29, 1.82) is 0 Å². The Balaban J connectivity index is 2.34. The van der Waals surface area contributed by atoms with Gasteiger partial charge in [0.15, 0.2) is 0 Å². The molecule has 0 saturated carbocycles. The van der Waals surface area contributed by atoms with Crippen LogP contribution in [0.25, 0.3) is 0 Å². The maximum Gasteiger partial charge on any atom is 0.283 e. The van der Waals surface area contributed by atoms with Gasteiger partial charge in [-0.15, -0.1) is 0 Å². The third-order valence-corrected chi connectivity index (χ3v) is 3.24. The molecule has 0 unspecified atom stereocenters. The highest BCUT2D eigenvalue weighted by atomic mass is 35.5. The Morgan fingerprint density at radius 3 is 2.55 bits per heavy atom. The third kappa shape index (κ3) is 2.49. The van der Waals surface area contributed by atoms with Gasteiger partial charge in [-0.25, -0.2) is 9.29 Å². The highest BCUT2D eigenvalue weighted by Crippen LogP contribution is 2.30. The summed E-state index contributed by atoms with van der Waals surface area (Å²) < 4.78 is 13.1. The molecule has 5 nitrogen and oxygen atoms in total. The van der Waals surface area contributed by atoms with Crippen LogP contribution in [0.5, 0.6) is 0 Å². The monoisotopic (exact) mass is 318 g/mol. The lowest BCUT2D eigenvalue weighted by atomic mass is 10.3. The van der Waals surface area contributed by atoms with E-state index >= 15 is 0 Å². The van der Waals surface area contributed by atoms with Crippen LogP contribution < -0.4 is 10.2 Å². The number of hydrogen-bond acceptors (Lipinski definition) is 4. The third-order valence-electron chi connectivity index (χ3n) is 2.60. The van der Waals surface area contributed by atoms with Gasteiger partial charge in [0, 0.05) is 6.54 Å². The summed E-state index contributed by atoms with van der Waals surface area (Å²) in [4.78, 5) is 24.9. The summed E-state index contributed by atoms with van der Waals surface area (Å²) in [6.45, 7) is -0.153. The van der Waals surface area contributed by atoms with Crippen LogP contribution in [0.1, 0.15) is 0 Å². The molecule has 1 heterocycles. The predicted octanol–water partition coefficient (Wildman–Crippen LogP) is 1.38. The molecule has 106 valence electrons. The second-order valence-electron chi connectivity index (χ2n) is 3.88. The van der Waals surface area contributed by atoms with Gasteiger partial charge in [-0.05, 0) is 18.2 Å². The van der Waals surface area contributed by atoms with Crippen molar-refractivity contribution in [1.82, 2.24) is 5.32 Å². The number of aliphatic hydroxyl groups is 1. The highest BCUT2D eigenvalue weighted by molar-refractivity contribution is 6.52. The molecule has 2 amide bonds. The van der Waals surface area contributed by atoms with Crippen molar-refractivity contribution in [3.05, 3.63) is 39.8 Å². The molecule has 0 spiro atoms. The van der Waals surface area contributed by atoms with Crippen LogP contribution in [0.3, 0.4) is 0 Å². The van der Waals surface area contributed by atoms with Crippen molar-refractivity contribution in [2.24, 2.45) is 0 Å². The van der Waals surface area contributed by atoms with E-state index in [0.717, 1.165) is 17.0 Å². The van der Waals surface area contributed by atoms with Crippen molar-refractivity contribution in [3.8, 4) is 0 Å². The zero-order chi connectivity index (χ0) is 14.9. The fourth-order valence-electron chi connectivity index (χ4n) is 1.70. The number of imide groups is 1. The number of nitrogens with one attached hydrogen (secondary N) is 1. The molecule has 1 aliphatic heterocycles. The van der Waals surface area contributed by atoms with Crippen molar-refractivity contribution in [2.45, 2.75) is 0 Å². The first-order chi connectivity index (χ1) is 9.47. The van der Waals surface area contributed by atoms with E-state index in [2.05, 4.69) is 5.32 Å². The molecule has 0 aliphatic carbocycles. The Morgan fingerprint density at radius 1 is 1.25 bits per heavy atom. The van der Waals surface area contributed by atoms with E-state index < -0.39 is 17.6 Å². The van der Waals surface area contributed by atoms with E-state index in [1.54, 1.807) is 0 Å². The quantitative estimate of drug-likeness (QED) is 0.823. The molecule has 20 heavy (non-hydrogen) atoms. The van der Waals surface area contributed by atoms with Crippen molar-refractivity contribution >= 4 is 40.7 Å². The molecule has 0 fully saturated rings. The van der Waals surface area contributed by atoms with Crippen LogP contribution in [0.2, 0.25) is 5.02 Å². The smallest absolute Gasteiger partial charge is 0.283 e. The number of carbonyl (C=O) groups is 2. The fourth-order valence-corrected chi connectivity index (χ4v) is 2.10. The Kier molecular flexibility index (Phi) is 4.27. The zero-order valence-electron chi connectivity index (χ0n) is 9.99. The number of aliphatic hydroxyl groups excluding tert-OH is 1. The van der Waals surface area contributed by atoms with E-state index in [4.69, 9.17) is 28.3 Å². The lowest BCUT2D eigenvalue weighted by Crippen LogP contribution is -2.34. The van der Waals surface area contributed by atoms with Crippen LogP contribution in [0.15, 0.2) is 28.9 Å². The second-order valence-corrected chi connectivity index (χ2v) is 4.67. The summed E-state index contributed by atoms with van der Waals surface area (Å²) in [5.74, 6) is -2.08. The molecular formula is C12H9Cl2FN2O3. The van der Waals surface area contributed by atoms with E-state index in [1.165, 1.54) is 6.07 Å². The van der Waals surface area contributed by atoms with Crippen LogP contribution in [0, 0.1) is 5.82 Å². The summed E-state index contributed by atoms with van der Waals surface area (Å²) in [5, 5.41) is 10.8. The Labute approximate surface area is 123 Å². The highest BCUT2D eigenvalue weighted by Gasteiger charge is 2.38. The molecule has 1 aromatic rings. The maximum absolute atomic E-state index is 13.1. The summed E-state index contributed by atoms with van der Waals surface area (Å²) >= 11 is 11.4. The van der Waals surface area contributed by atoms with Crippen LogP contribution in [-0.4, -0.2) is 30.1 Å². The molecule has 0 saturated heterocycles. The first kappa shape index (κ1) is 14.8. The van der Waals surface area contributed by atoms with E-state index in [0.29, 0.717) is 0 Å². The number of amides is 2. The standard InChI is InChI=1S/C12H9Cl2FN2O3/c13-7-5-6(1-2-8(7)15)17-11(19)9(14)10(12(17)20)16-3-4-18/h1-2,5,16,18H,3-4H2. The lowest BCUT2D eigenvalue weighted by Gasteiger charge is -2.15. The topological polar surface area (TPSA) is 69.6 Å². The molecule has 0 aromatic heterocycles. The predicted molar refractivity (Wildman–Crippen MR) is 71.9 cm³/mol. The molecule has 0 radical (unpaired) electrons. The number of nitrogens with zero attached hydrogens (tertiary/aromatic N) is 1. The van der Waals surface area contributed by atoms with E-state index in [1.807, 2.05) is 0 Å². The van der Waals surface area contributed by atoms with Crippen molar-refractivity contribution < 1.29 is 19.1 Å². The van der Waals surface area contributed by atoms with Gasteiger partial charge in [-0.2, -0.15) is 0 Å². The molecule has 2 N–H and O–H groups in total. The van der Waals surface area contributed by atoms with Gasteiger partial charge in [0.25, 0.3) is 11.8 Å². The van der Waals surface area contributed by atoms with Gasteiger partial charge in [-0.3, -0.25) is 9.59 Å². The zero-order valence-corrected chi connectivity index (χ0v) is 11.5. The Morgan fingerprint density at radius 2 is 1.95 bits per heavy atom. The van der Waals surface area contributed by atoms with Gasteiger partial charge in [0.05, 0.1) is 17.3 Å². The number of rotatable bonds is 4. The molecular weight excluding hydrogens is 310 g/mol. The number of halogens is 3.